The first kappa shape index (κ1) is 12.8. The lowest BCUT2D eigenvalue weighted by atomic mass is 10.3. The van der Waals surface area contributed by atoms with Crippen LogP contribution in [0.2, 0.25) is 0 Å². The van der Waals surface area contributed by atoms with Gasteiger partial charge in [-0.3, -0.25) is 4.79 Å². The van der Waals surface area contributed by atoms with E-state index < -0.39 is 0 Å². The molecule has 17 heavy (non-hydrogen) atoms. The van der Waals surface area contributed by atoms with Crippen molar-refractivity contribution < 1.29 is 4.79 Å². The second-order valence-electron chi connectivity index (χ2n) is 5.54. The molecule has 2 aliphatic rings. The van der Waals surface area contributed by atoms with Crippen molar-refractivity contribution in [2.24, 2.45) is 5.92 Å². The summed E-state index contributed by atoms with van der Waals surface area (Å²) in [5.41, 5.74) is 0. The minimum atomic E-state index is 0.144. The first-order valence-corrected chi connectivity index (χ1v) is 6.96. The predicted octanol–water partition coefficient (Wildman–Crippen LogP) is 0.587. The van der Waals surface area contributed by atoms with Gasteiger partial charge >= 0.3 is 0 Å². The number of likely N-dealkylation sites (tertiary alicyclic amines) is 1. The number of rotatable bonds is 7. The number of nitrogens with zero attached hydrogens (tertiary/aromatic N) is 1. The maximum atomic E-state index is 11.5. The first-order valence-electron chi connectivity index (χ1n) is 6.96. The van der Waals surface area contributed by atoms with Gasteiger partial charge < -0.3 is 15.5 Å². The lowest BCUT2D eigenvalue weighted by molar-refractivity contribution is -0.120. The molecule has 4 heteroatoms. The Bertz CT molecular complexity index is 247. The van der Waals surface area contributed by atoms with Gasteiger partial charge in [-0.1, -0.05) is 0 Å². The summed E-state index contributed by atoms with van der Waals surface area (Å²) in [6.07, 6.45) is 5.24. The highest BCUT2D eigenvalue weighted by molar-refractivity contribution is 5.78. The van der Waals surface area contributed by atoms with Gasteiger partial charge in [0.25, 0.3) is 0 Å². The summed E-state index contributed by atoms with van der Waals surface area (Å²) in [6, 6.07) is 0.403. The molecule has 1 heterocycles. The SMILES string of the molecule is CC(CN1CCCC1)NCC(=O)NCC1CC1. The molecule has 4 nitrogen and oxygen atoms in total. The zero-order valence-corrected chi connectivity index (χ0v) is 10.9. The van der Waals surface area contributed by atoms with Gasteiger partial charge in [0.15, 0.2) is 0 Å². The van der Waals surface area contributed by atoms with Crippen LogP contribution in [0.15, 0.2) is 0 Å². The maximum Gasteiger partial charge on any atom is 0.233 e. The maximum absolute atomic E-state index is 11.5. The second kappa shape index (κ2) is 6.36. The third-order valence-corrected chi connectivity index (χ3v) is 3.63. The van der Waals surface area contributed by atoms with E-state index in [0.29, 0.717) is 12.6 Å². The van der Waals surface area contributed by atoms with Crippen molar-refractivity contribution in [2.75, 3.05) is 32.7 Å². The van der Waals surface area contributed by atoms with Crippen LogP contribution in [0.4, 0.5) is 0 Å². The van der Waals surface area contributed by atoms with E-state index in [4.69, 9.17) is 0 Å². The summed E-state index contributed by atoms with van der Waals surface area (Å²) in [6.45, 7) is 7.00. The zero-order valence-electron chi connectivity index (χ0n) is 10.9. The Morgan fingerprint density at radius 2 is 2.06 bits per heavy atom. The number of carbonyl (C=O) groups is 1. The van der Waals surface area contributed by atoms with Gasteiger partial charge in [0.1, 0.15) is 0 Å². The molecule has 0 aromatic heterocycles. The molecule has 2 fully saturated rings. The number of nitrogens with one attached hydrogen (secondary N) is 2. The highest BCUT2D eigenvalue weighted by Crippen LogP contribution is 2.27. The van der Waals surface area contributed by atoms with Gasteiger partial charge in [-0.2, -0.15) is 0 Å². The quantitative estimate of drug-likeness (QED) is 0.683. The average Bonchev–Trinajstić information content (AvgIpc) is 3.01. The Labute approximate surface area is 104 Å². The van der Waals surface area contributed by atoms with Crippen molar-refractivity contribution in [3.63, 3.8) is 0 Å². The Morgan fingerprint density at radius 3 is 2.71 bits per heavy atom. The lowest BCUT2D eigenvalue weighted by Gasteiger charge is -2.21. The highest BCUT2D eigenvalue weighted by Gasteiger charge is 2.21. The third kappa shape index (κ3) is 5.04. The molecule has 1 atom stereocenters. The molecule has 1 saturated heterocycles. The minimum Gasteiger partial charge on any atom is -0.355 e. The number of hydrogen-bond donors (Lipinski definition) is 2. The van der Waals surface area contributed by atoms with Crippen molar-refractivity contribution in [3.05, 3.63) is 0 Å². The molecule has 0 spiro atoms. The van der Waals surface area contributed by atoms with Crippen LogP contribution in [-0.4, -0.2) is 49.6 Å². The van der Waals surface area contributed by atoms with Gasteiger partial charge in [0, 0.05) is 19.1 Å². The van der Waals surface area contributed by atoms with Crippen LogP contribution in [0.1, 0.15) is 32.6 Å². The molecule has 2 N–H and O–H groups in total. The van der Waals surface area contributed by atoms with Crippen molar-refractivity contribution >= 4 is 5.91 Å². The molecule has 98 valence electrons. The summed E-state index contributed by atoms with van der Waals surface area (Å²) in [4.78, 5) is 14.0. The van der Waals surface area contributed by atoms with E-state index in [1.807, 2.05) is 0 Å². The average molecular weight is 239 g/mol. The number of hydrogen-bond acceptors (Lipinski definition) is 3. The van der Waals surface area contributed by atoms with Gasteiger partial charge in [0.05, 0.1) is 6.54 Å². The van der Waals surface area contributed by atoms with Gasteiger partial charge in [-0.05, 0) is 51.6 Å². The monoisotopic (exact) mass is 239 g/mol. The van der Waals surface area contributed by atoms with Crippen molar-refractivity contribution in [1.82, 2.24) is 15.5 Å². The molecular weight excluding hydrogens is 214 g/mol. The van der Waals surface area contributed by atoms with Crippen LogP contribution >= 0.6 is 0 Å². The van der Waals surface area contributed by atoms with Crippen LogP contribution in [0.25, 0.3) is 0 Å². The summed E-state index contributed by atoms with van der Waals surface area (Å²) in [5, 5.41) is 6.28. The summed E-state index contributed by atoms with van der Waals surface area (Å²) in [5.74, 6) is 0.908. The largest absolute Gasteiger partial charge is 0.355 e. The van der Waals surface area contributed by atoms with Crippen molar-refractivity contribution in [1.29, 1.82) is 0 Å². The van der Waals surface area contributed by atoms with Crippen LogP contribution in [0.5, 0.6) is 0 Å². The van der Waals surface area contributed by atoms with Crippen LogP contribution in [-0.2, 0) is 4.79 Å². The lowest BCUT2D eigenvalue weighted by Crippen LogP contribution is -2.43. The molecule has 0 bridgehead atoms. The Morgan fingerprint density at radius 1 is 1.35 bits per heavy atom. The van der Waals surface area contributed by atoms with E-state index in [2.05, 4.69) is 22.5 Å². The fourth-order valence-electron chi connectivity index (χ4n) is 2.33. The fraction of sp³-hybridized carbons (Fsp3) is 0.923. The topological polar surface area (TPSA) is 44.4 Å². The van der Waals surface area contributed by atoms with E-state index in [1.165, 1.54) is 38.8 Å². The fourth-order valence-corrected chi connectivity index (χ4v) is 2.33. The number of carbonyl (C=O) groups excluding carboxylic acids is 1. The molecule has 0 aromatic rings. The van der Waals surface area contributed by atoms with Crippen molar-refractivity contribution in [3.8, 4) is 0 Å². The van der Waals surface area contributed by atoms with Crippen molar-refractivity contribution in [2.45, 2.75) is 38.6 Å². The van der Waals surface area contributed by atoms with Crippen LogP contribution < -0.4 is 10.6 Å². The molecule has 2 rings (SSSR count). The molecule has 1 aliphatic heterocycles. The van der Waals surface area contributed by atoms with Crippen LogP contribution in [0, 0.1) is 5.92 Å². The summed E-state index contributed by atoms with van der Waals surface area (Å²) >= 11 is 0. The summed E-state index contributed by atoms with van der Waals surface area (Å²) in [7, 11) is 0. The van der Waals surface area contributed by atoms with Gasteiger partial charge in [0.2, 0.25) is 5.91 Å². The van der Waals surface area contributed by atoms with E-state index in [-0.39, 0.29) is 5.91 Å². The Hall–Kier alpha value is -0.610. The Balaban J connectivity index is 1.51. The van der Waals surface area contributed by atoms with E-state index in [1.54, 1.807) is 0 Å². The highest BCUT2D eigenvalue weighted by atomic mass is 16.1. The molecule has 0 aromatic carbocycles. The normalized spacial score (nSPS) is 22.6. The van der Waals surface area contributed by atoms with Gasteiger partial charge in [-0.15, -0.1) is 0 Å². The summed E-state index contributed by atoms with van der Waals surface area (Å²) < 4.78 is 0. The molecular formula is C13H25N3O. The molecule has 1 saturated carbocycles. The third-order valence-electron chi connectivity index (χ3n) is 3.63. The molecule has 1 unspecified atom stereocenters. The molecule has 1 aliphatic carbocycles. The smallest absolute Gasteiger partial charge is 0.233 e. The van der Waals surface area contributed by atoms with E-state index >= 15 is 0 Å². The van der Waals surface area contributed by atoms with Crippen LogP contribution in [0.3, 0.4) is 0 Å². The molecule has 1 amide bonds. The van der Waals surface area contributed by atoms with E-state index in [9.17, 15) is 4.79 Å². The predicted molar refractivity (Wildman–Crippen MR) is 68.9 cm³/mol. The number of amides is 1. The minimum absolute atomic E-state index is 0.144. The van der Waals surface area contributed by atoms with E-state index in [0.717, 1.165) is 19.0 Å². The van der Waals surface area contributed by atoms with Gasteiger partial charge in [-0.25, -0.2) is 0 Å². The standard InChI is InChI=1S/C13H25N3O/c1-11(10-16-6-2-3-7-16)14-9-13(17)15-8-12-4-5-12/h11-12,14H,2-10H2,1H3,(H,15,17). The zero-order chi connectivity index (χ0) is 12.1. The second-order valence-corrected chi connectivity index (χ2v) is 5.54. The Kier molecular flexibility index (Phi) is 4.80. The molecule has 0 radical (unpaired) electrons. The first-order chi connectivity index (χ1) is 8.24.